The van der Waals surface area contributed by atoms with Gasteiger partial charge in [0, 0.05) is 0 Å². The molecule has 0 bridgehead atoms. The minimum absolute atomic E-state index is 0.0278. The van der Waals surface area contributed by atoms with E-state index >= 15 is 0 Å². The Morgan fingerprint density at radius 1 is 1.14 bits per heavy atom. The average Bonchev–Trinajstić information content (AvgIpc) is 2.88. The molecule has 0 aromatic heterocycles. The second-order valence-electron chi connectivity index (χ2n) is 3.30. The highest BCUT2D eigenvalue weighted by molar-refractivity contribution is 7.85. The third-order valence-electron chi connectivity index (χ3n) is 1.73. The number of hydrogen-bond donors (Lipinski definition) is 1. The maximum absolute atomic E-state index is 10.6. The van der Waals surface area contributed by atoms with E-state index in [1.54, 1.807) is 25.1 Å². The molecule has 4 heteroatoms. The van der Waals surface area contributed by atoms with Gasteiger partial charge in [0.15, 0.2) is 0 Å². The minimum atomic E-state index is -4.03. The van der Waals surface area contributed by atoms with Crippen molar-refractivity contribution >= 4 is 10.1 Å². The van der Waals surface area contributed by atoms with Crippen LogP contribution in [0.3, 0.4) is 0 Å². The summed E-state index contributed by atoms with van der Waals surface area (Å²) in [6.45, 7) is 1.63. The molecular weight excluding hydrogens is 200 g/mol. The first-order valence-electron chi connectivity index (χ1n) is 4.55. The lowest BCUT2D eigenvalue weighted by Gasteiger charge is -1.99. The summed E-state index contributed by atoms with van der Waals surface area (Å²) in [5, 5.41) is 0. The summed E-state index contributed by atoms with van der Waals surface area (Å²) in [5.41, 5.74) is 0.551. The zero-order valence-electron chi connectivity index (χ0n) is 8.10. The molecule has 0 saturated heterocycles. The van der Waals surface area contributed by atoms with Gasteiger partial charge >= 0.3 is 0 Å². The van der Waals surface area contributed by atoms with Crippen molar-refractivity contribution in [1.82, 2.24) is 0 Å². The van der Waals surface area contributed by atoms with Gasteiger partial charge in [-0.3, -0.25) is 4.55 Å². The van der Waals surface area contributed by atoms with E-state index in [9.17, 15) is 8.42 Å². The van der Waals surface area contributed by atoms with Gasteiger partial charge in [-0.05, 0) is 18.6 Å². The smallest absolute Gasteiger partial charge is 0.282 e. The van der Waals surface area contributed by atoms with Crippen LogP contribution in [-0.4, -0.2) is 13.0 Å². The van der Waals surface area contributed by atoms with Gasteiger partial charge in [0.25, 0.3) is 10.1 Å². The monoisotopic (exact) mass is 214 g/mol. The highest BCUT2D eigenvalue weighted by Gasteiger charge is 2.10. The summed E-state index contributed by atoms with van der Waals surface area (Å²) in [4.78, 5) is -0.0278. The summed E-state index contributed by atoms with van der Waals surface area (Å²) in [6.07, 6.45) is 4.50. The Morgan fingerprint density at radius 2 is 1.64 bits per heavy atom. The minimum Gasteiger partial charge on any atom is -0.282 e. The van der Waals surface area contributed by atoms with Crippen molar-refractivity contribution in [2.24, 2.45) is 0 Å². The SMILES string of the molecule is C1CC1.Cc1ccccc1S(=O)(=O)O. The van der Waals surface area contributed by atoms with Crippen molar-refractivity contribution in [3.05, 3.63) is 29.8 Å². The fraction of sp³-hybridized carbons (Fsp3) is 0.400. The summed E-state index contributed by atoms with van der Waals surface area (Å²) in [6, 6.07) is 6.27. The van der Waals surface area contributed by atoms with Crippen LogP contribution in [0.1, 0.15) is 24.8 Å². The zero-order chi connectivity index (χ0) is 10.6. The molecule has 0 heterocycles. The van der Waals surface area contributed by atoms with E-state index in [2.05, 4.69) is 0 Å². The van der Waals surface area contributed by atoms with Crippen molar-refractivity contribution in [2.45, 2.75) is 31.1 Å². The van der Waals surface area contributed by atoms with Gasteiger partial charge in [-0.1, -0.05) is 37.5 Å². The fourth-order valence-corrected chi connectivity index (χ4v) is 1.57. The summed E-state index contributed by atoms with van der Waals surface area (Å²) < 4.78 is 29.9. The van der Waals surface area contributed by atoms with Gasteiger partial charge in [-0.2, -0.15) is 8.42 Å². The molecule has 78 valence electrons. The first-order chi connectivity index (χ1) is 6.52. The van der Waals surface area contributed by atoms with Gasteiger partial charge in [0.1, 0.15) is 0 Å². The molecule has 1 fully saturated rings. The molecular formula is C10H14O3S. The molecule has 0 amide bonds. The molecule has 0 spiro atoms. The standard InChI is InChI=1S/C7H8O3S.C3H6/c1-6-4-2-3-5-7(6)11(8,9)10;1-2-3-1/h2-5H,1H3,(H,8,9,10);1-3H2. The van der Waals surface area contributed by atoms with E-state index < -0.39 is 10.1 Å². The fourth-order valence-electron chi connectivity index (χ4n) is 0.846. The average molecular weight is 214 g/mol. The van der Waals surface area contributed by atoms with Gasteiger partial charge in [-0.15, -0.1) is 0 Å². The Kier molecular flexibility index (Phi) is 3.66. The molecule has 1 N–H and O–H groups in total. The highest BCUT2D eigenvalue weighted by Crippen LogP contribution is 2.15. The van der Waals surface area contributed by atoms with E-state index in [0.29, 0.717) is 5.56 Å². The van der Waals surface area contributed by atoms with Gasteiger partial charge in [0.05, 0.1) is 4.90 Å². The lowest BCUT2D eigenvalue weighted by molar-refractivity contribution is 0.482. The molecule has 3 nitrogen and oxygen atoms in total. The molecule has 2 rings (SSSR count). The first-order valence-corrected chi connectivity index (χ1v) is 5.99. The van der Waals surface area contributed by atoms with Crippen molar-refractivity contribution in [3.8, 4) is 0 Å². The van der Waals surface area contributed by atoms with Gasteiger partial charge in [0.2, 0.25) is 0 Å². The van der Waals surface area contributed by atoms with Gasteiger partial charge in [-0.25, -0.2) is 0 Å². The molecule has 1 aliphatic carbocycles. The largest absolute Gasteiger partial charge is 0.294 e. The summed E-state index contributed by atoms with van der Waals surface area (Å²) >= 11 is 0. The lowest BCUT2D eigenvalue weighted by Crippen LogP contribution is -1.99. The predicted octanol–water partition coefficient (Wildman–Crippen LogP) is 2.41. The van der Waals surface area contributed by atoms with Crippen molar-refractivity contribution in [2.75, 3.05) is 0 Å². The highest BCUT2D eigenvalue weighted by atomic mass is 32.2. The van der Waals surface area contributed by atoms with E-state index in [1.165, 1.54) is 25.3 Å². The molecule has 1 saturated carbocycles. The van der Waals surface area contributed by atoms with Crippen LogP contribution in [0.4, 0.5) is 0 Å². The Bertz CT molecular complexity index is 391. The van der Waals surface area contributed by atoms with Crippen molar-refractivity contribution in [3.63, 3.8) is 0 Å². The van der Waals surface area contributed by atoms with Crippen LogP contribution in [0.15, 0.2) is 29.2 Å². The van der Waals surface area contributed by atoms with E-state index in [1.807, 2.05) is 0 Å². The summed E-state index contributed by atoms with van der Waals surface area (Å²) in [7, 11) is -4.03. The molecule has 0 atom stereocenters. The molecule has 1 aromatic carbocycles. The molecule has 0 unspecified atom stereocenters. The van der Waals surface area contributed by atoms with Crippen LogP contribution in [0.25, 0.3) is 0 Å². The van der Waals surface area contributed by atoms with Crippen LogP contribution in [0.5, 0.6) is 0 Å². The Hall–Kier alpha value is -0.870. The molecule has 1 aliphatic rings. The number of benzene rings is 1. The second kappa shape index (κ2) is 4.57. The second-order valence-corrected chi connectivity index (χ2v) is 4.69. The van der Waals surface area contributed by atoms with Crippen LogP contribution in [-0.2, 0) is 10.1 Å². The van der Waals surface area contributed by atoms with Crippen LogP contribution in [0.2, 0.25) is 0 Å². The zero-order valence-corrected chi connectivity index (χ0v) is 8.92. The normalized spacial score (nSPS) is 14.1. The molecule has 1 aromatic rings. The number of aryl methyl sites for hydroxylation is 1. The third kappa shape index (κ3) is 3.89. The van der Waals surface area contributed by atoms with E-state index in [0.717, 1.165) is 0 Å². The quantitative estimate of drug-likeness (QED) is 0.730. The molecule has 14 heavy (non-hydrogen) atoms. The van der Waals surface area contributed by atoms with E-state index in [-0.39, 0.29) is 4.90 Å². The molecule has 0 aliphatic heterocycles. The Labute approximate surface area is 84.5 Å². The summed E-state index contributed by atoms with van der Waals surface area (Å²) in [5.74, 6) is 0. The van der Waals surface area contributed by atoms with Crippen LogP contribution < -0.4 is 0 Å². The van der Waals surface area contributed by atoms with E-state index in [4.69, 9.17) is 4.55 Å². The predicted molar refractivity (Wildman–Crippen MR) is 54.8 cm³/mol. The Balaban J connectivity index is 0.000000276. The maximum Gasteiger partial charge on any atom is 0.294 e. The van der Waals surface area contributed by atoms with Crippen molar-refractivity contribution in [1.29, 1.82) is 0 Å². The molecule has 0 radical (unpaired) electrons. The number of rotatable bonds is 1. The maximum atomic E-state index is 10.6. The van der Waals surface area contributed by atoms with Crippen LogP contribution in [0, 0.1) is 6.92 Å². The Morgan fingerprint density at radius 3 is 1.93 bits per heavy atom. The third-order valence-corrected chi connectivity index (χ3v) is 2.74. The number of hydrogen-bond acceptors (Lipinski definition) is 2. The topological polar surface area (TPSA) is 54.4 Å². The van der Waals surface area contributed by atoms with Crippen LogP contribution >= 0.6 is 0 Å². The lowest BCUT2D eigenvalue weighted by atomic mass is 10.2. The van der Waals surface area contributed by atoms with Gasteiger partial charge < -0.3 is 0 Å². The van der Waals surface area contributed by atoms with Crippen molar-refractivity contribution < 1.29 is 13.0 Å². The first kappa shape index (κ1) is 11.2.